The van der Waals surface area contributed by atoms with Crippen LogP contribution in [0.2, 0.25) is 0 Å². The Bertz CT molecular complexity index is 284. The Labute approximate surface area is 107 Å². The Morgan fingerprint density at radius 1 is 0.833 bits per heavy atom. The van der Waals surface area contributed by atoms with Crippen molar-refractivity contribution in [3.05, 3.63) is 0 Å². The molecule has 0 heterocycles. The van der Waals surface area contributed by atoms with Gasteiger partial charge in [0.25, 0.3) is 0 Å². The molecular weight excluding hydrogens is 240 g/mol. The summed E-state index contributed by atoms with van der Waals surface area (Å²) in [5, 5.41) is 0. The molecule has 0 aromatic rings. The number of ether oxygens (including phenoxy) is 2. The van der Waals surface area contributed by atoms with Crippen LogP contribution in [-0.4, -0.2) is 36.4 Å². The number of carbonyl (C=O) groups is 2. The van der Waals surface area contributed by atoms with Gasteiger partial charge >= 0.3 is 11.9 Å². The first-order chi connectivity index (χ1) is 7.99. The summed E-state index contributed by atoms with van der Waals surface area (Å²) in [6.45, 7) is 9.78. The number of hydrogen-bond acceptors (Lipinski definition) is 6. The van der Waals surface area contributed by atoms with Gasteiger partial charge in [0, 0.05) is 0 Å². The van der Waals surface area contributed by atoms with E-state index in [1.165, 1.54) is 0 Å². The molecule has 6 heteroatoms. The third-order valence-electron chi connectivity index (χ3n) is 1.24. The molecule has 0 amide bonds. The van der Waals surface area contributed by atoms with Crippen LogP contribution in [0.25, 0.3) is 0 Å². The third-order valence-corrected chi connectivity index (χ3v) is 1.24. The number of hydrogen-bond donors (Lipinski definition) is 0. The number of carbonyl (C=O) groups excluding carboxylic acids is 2. The lowest BCUT2D eigenvalue weighted by molar-refractivity contribution is -0.322. The van der Waals surface area contributed by atoms with Crippen LogP contribution < -0.4 is 0 Å². The molecule has 0 aliphatic carbocycles. The van der Waals surface area contributed by atoms with Crippen LogP contribution in [0, 0.1) is 0 Å². The van der Waals surface area contributed by atoms with Crippen LogP contribution in [0.4, 0.5) is 0 Å². The molecule has 0 atom stereocenters. The molecule has 0 N–H and O–H groups in total. The van der Waals surface area contributed by atoms with Gasteiger partial charge in [-0.3, -0.25) is 4.89 Å². The minimum Gasteiger partial charge on any atom is -0.458 e. The van der Waals surface area contributed by atoms with Crippen LogP contribution in [0.3, 0.4) is 0 Å². The molecule has 0 aromatic heterocycles. The van der Waals surface area contributed by atoms with E-state index in [-0.39, 0.29) is 13.2 Å². The first-order valence-corrected chi connectivity index (χ1v) is 5.68. The maximum Gasteiger partial charge on any atom is 0.367 e. The quantitative estimate of drug-likeness (QED) is 0.426. The van der Waals surface area contributed by atoms with E-state index < -0.39 is 23.1 Å². The van der Waals surface area contributed by atoms with Crippen molar-refractivity contribution in [2.45, 2.75) is 52.7 Å². The van der Waals surface area contributed by atoms with E-state index in [2.05, 4.69) is 4.89 Å². The summed E-state index contributed by atoms with van der Waals surface area (Å²) < 4.78 is 9.83. The highest BCUT2D eigenvalue weighted by Gasteiger charge is 2.18. The van der Waals surface area contributed by atoms with Crippen molar-refractivity contribution in [1.29, 1.82) is 0 Å². The van der Waals surface area contributed by atoms with Crippen molar-refractivity contribution in [3.63, 3.8) is 0 Å². The average molecular weight is 262 g/mol. The molecule has 6 nitrogen and oxygen atoms in total. The molecule has 0 unspecified atom stereocenters. The summed E-state index contributed by atoms with van der Waals surface area (Å²) in [6.07, 6.45) is 0. The second kappa shape index (κ2) is 6.70. The molecule has 0 bridgehead atoms. The van der Waals surface area contributed by atoms with Crippen LogP contribution in [0.5, 0.6) is 0 Å². The van der Waals surface area contributed by atoms with Crippen molar-refractivity contribution >= 4 is 11.9 Å². The first kappa shape index (κ1) is 16.9. The summed E-state index contributed by atoms with van der Waals surface area (Å²) in [5.74, 6) is -1.24. The zero-order valence-corrected chi connectivity index (χ0v) is 11.9. The zero-order valence-electron chi connectivity index (χ0n) is 11.9. The van der Waals surface area contributed by atoms with E-state index in [0.717, 1.165) is 0 Å². The Morgan fingerprint density at radius 3 is 1.78 bits per heavy atom. The summed E-state index contributed by atoms with van der Waals surface area (Å²) in [7, 11) is 0. The van der Waals surface area contributed by atoms with E-state index in [9.17, 15) is 9.59 Å². The van der Waals surface area contributed by atoms with E-state index in [1.807, 2.05) is 0 Å². The standard InChI is InChI=1S/C12H22O6/c1-11(2,3)16-9(13)7-15-8-10(14)17-18-12(4,5)6/h7-8H2,1-6H3. The molecular formula is C12H22O6. The van der Waals surface area contributed by atoms with Gasteiger partial charge in [-0.1, -0.05) is 0 Å². The van der Waals surface area contributed by atoms with E-state index in [0.29, 0.717) is 0 Å². The highest BCUT2D eigenvalue weighted by Crippen LogP contribution is 2.08. The molecule has 0 fully saturated rings. The fraction of sp³-hybridized carbons (Fsp3) is 0.833. The first-order valence-electron chi connectivity index (χ1n) is 5.68. The highest BCUT2D eigenvalue weighted by molar-refractivity contribution is 5.73. The SMILES string of the molecule is CC(C)(C)OOC(=O)COCC(=O)OC(C)(C)C. The average Bonchev–Trinajstić information content (AvgIpc) is 2.10. The number of rotatable bonds is 5. The van der Waals surface area contributed by atoms with Crippen molar-refractivity contribution in [2.75, 3.05) is 13.2 Å². The van der Waals surface area contributed by atoms with Crippen molar-refractivity contribution in [3.8, 4) is 0 Å². The Kier molecular flexibility index (Phi) is 6.28. The van der Waals surface area contributed by atoms with Gasteiger partial charge in [-0.25, -0.2) is 9.59 Å². The highest BCUT2D eigenvalue weighted by atomic mass is 17.2. The minimum absolute atomic E-state index is 0.304. The largest absolute Gasteiger partial charge is 0.458 e. The minimum atomic E-state index is -0.700. The Balaban J connectivity index is 3.72. The number of esters is 1. The van der Waals surface area contributed by atoms with Gasteiger partial charge in [-0.2, -0.15) is 4.89 Å². The van der Waals surface area contributed by atoms with Crippen LogP contribution in [0.1, 0.15) is 41.5 Å². The molecule has 0 rings (SSSR count). The van der Waals surface area contributed by atoms with Gasteiger partial charge in [-0.05, 0) is 41.5 Å². The molecule has 0 aliphatic rings. The van der Waals surface area contributed by atoms with Crippen molar-refractivity contribution < 1.29 is 28.8 Å². The third kappa shape index (κ3) is 11.3. The molecule has 0 spiro atoms. The lowest BCUT2D eigenvalue weighted by atomic mass is 10.2. The monoisotopic (exact) mass is 262 g/mol. The van der Waals surface area contributed by atoms with Gasteiger partial charge in [0.15, 0.2) is 0 Å². The van der Waals surface area contributed by atoms with Gasteiger partial charge in [0.2, 0.25) is 0 Å². The Morgan fingerprint density at radius 2 is 1.33 bits per heavy atom. The fourth-order valence-corrected chi connectivity index (χ4v) is 0.784. The maximum absolute atomic E-state index is 11.2. The topological polar surface area (TPSA) is 71.1 Å². The second-order valence-electron chi connectivity index (χ2n) is 5.73. The van der Waals surface area contributed by atoms with E-state index >= 15 is 0 Å². The van der Waals surface area contributed by atoms with Crippen LogP contribution >= 0.6 is 0 Å². The second-order valence-corrected chi connectivity index (χ2v) is 5.73. The predicted molar refractivity (Wildman–Crippen MR) is 63.6 cm³/mol. The Hall–Kier alpha value is -1.14. The zero-order chi connectivity index (χ0) is 14.4. The summed E-state index contributed by atoms with van der Waals surface area (Å²) >= 11 is 0. The van der Waals surface area contributed by atoms with Crippen molar-refractivity contribution in [1.82, 2.24) is 0 Å². The molecule has 0 aliphatic heterocycles. The molecule has 0 aromatic carbocycles. The fourth-order valence-electron chi connectivity index (χ4n) is 0.784. The molecule has 0 saturated heterocycles. The molecule has 18 heavy (non-hydrogen) atoms. The summed E-state index contributed by atoms with van der Waals surface area (Å²) in [4.78, 5) is 31.6. The van der Waals surface area contributed by atoms with Crippen LogP contribution in [-0.2, 0) is 28.8 Å². The molecule has 106 valence electrons. The summed E-state index contributed by atoms with van der Waals surface area (Å²) in [6, 6.07) is 0. The van der Waals surface area contributed by atoms with Gasteiger partial charge in [0.1, 0.15) is 24.4 Å². The lowest BCUT2D eigenvalue weighted by Gasteiger charge is -2.19. The smallest absolute Gasteiger partial charge is 0.367 e. The van der Waals surface area contributed by atoms with Crippen LogP contribution in [0.15, 0.2) is 0 Å². The molecule has 0 saturated carbocycles. The van der Waals surface area contributed by atoms with E-state index in [1.54, 1.807) is 41.5 Å². The molecule has 0 radical (unpaired) electrons. The van der Waals surface area contributed by atoms with Crippen molar-refractivity contribution in [2.24, 2.45) is 0 Å². The van der Waals surface area contributed by atoms with Gasteiger partial charge in [-0.15, -0.1) is 0 Å². The summed E-state index contributed by atoms with van der Waals surface area (Å²) in [5.41, 5.74) is -1.16. The maximum atomic E-state index is 11.2. The lowest BCUT2D eigenvalue weighted by Crippen LogP contribution is -2.28. The predicted octanol–water partition coefficient (Wildman–Crippen LogP) is 1.62. The normalized spacial score (nSPS) is 12.1. The van der Waals surface area contributed by atoms with Gasteiger partial charge in [0.05, 0.1) is 0 Å². The van der Waals surface area contributed by atoms with E-state index in [4.69, 9.17) is 14.4 Å². The van der Waals surface area contributed by atoms with Gasteiger partial charge < -0.3 is 9.47 Å².